The summed E-state index contributed by atoms with van der Waals surface area (Å²) in [6.07, 6.45) is -0.982. The Kier molecular flexibility index (Phi) is 6.41. The Balaban J connectivity index is 2.17. The van der Waals surface area contributed by atoms with Gasteiger partial charge < -0.3 is 19.7 Å². The summed E-state index contributed by atoms with van der Waals surface area (Å²) in [6, 6.07) is 11.7. The number of sulfone groups is 1. The normalized spacial score (nSPS) is 13.9. The molecule has 0 amide bonds. The van der Waals surface area contributed by atoms with Gasteiger partial charge >= 0.3 is 0 Å². The third kappa shape index (κ3) is 4.94. The molecule has 2 aromatic rings. The van der Waals surface area contributed by atoms with Crippen LogP contribution in [0.3, 0.4) is 0 Å². The lowest BCUT2D eigenvalue weighted by Gasteiger charge is -2.13. The first kappa shape index (κ1) is 19.2. The van der Waals surface area contributed by atoms with Gasteiger partial charge in [-0.3, -0.25) is 0 Å². The van der Waals surface area contributed by atoms with E-state index in [1.807, 2.05) is 0 Å². The van der Waals surface area contributed by atoms with Crippen LogP contribution in [0.4, 0.5) is 0 Å². The number of benzene rings is 2. The first-order valence-electron chi connectivity index (χ1n) is 8.01. The summed E-state index contributed by atoms with van der Waals surface area (Å²) in [4.78, 5) is 0.237. The van der Waals surface area contributed by atoms with E-state index >= 15 is 0 Å². The van der Waals surface area contributed by atoms with Crippen LogP contribution in [-0.4, -0.2) is 31.2 Å². The molecule has 7 heteroatoms. The second-order valence-electron chi connectivity index (χ2n) is 5.41. The Hall–Kier alpha value is -2.09. The highest BCUT2D eigenvalue weighted by molar-refractivity contribution is 7.91. The number of aliphatic hydroxyl groups excluding tert-OH is 2. The Bertz CT molecular complexity index is 707. The molecular formula is C18H22O6S. The molecule has 2 aromatic carbocycles. The highest BCUT2D eigenvalue weighted by atomic mass is 32.2. The zero-order chi connectivity index (χ0) is 18.4. The Morgan fingerprint density at radius 1 is 0.760 bits per heavy atom. The molecular weight excluding hydrogens is 344 g/mol. The van der Waals surface area contributed by atoms with Crippen LogP contribution >= 0.6 is 0 Å². The summed E-state index contributed by atoms with van der Waals surface area (Å²) in [7, 11) is -3.68. The van der Waals surface area contributed by atoms with Crippen LogP contribution in [0.25, 0.3) is 0 Å². The van der Waals surface area contributed by atoms with Gasteiger partial charge in [0.2, 0.25) is 9.84 Å². The van der Waals surface area contributed by atoms with Crippen molar-refractivity contribution in [3.63, 3.8) is 0 Å². The van der Waals surface area contributed by atoms with Crippen LogP contribution in [-0.2, 0) is 9.84 Å². The molecule has 0 aliphatic rings. The van der Waals surface area contributed by atoms with E-state index in [0.29, 0.717) is 24.3 Å². The van der Waals surface area contributed by atoms with E-state index in [-0.39, 0.29) is 9.79 Å². The van der Waals surface area contributed by atoms with Crippen LogP contribution in [0.2, 0.25) is 0 Å². The molecule has 0 saturated heterocycles. The van der Waals surface area contributed by atoms with E-state index in [0.717, 1.165) is 0 Å². The Morgan fingerprint density at radius 3 is 1.36 bits per heavy atom. The summed E-state index contributed by atoms with van der Waals surface area (Å²) in [6.45, 7) is 3.55. The van der Waals surface area contributed by atoms with Gasteiger partial charge in [0, 0.05) is 12.8 Å². The smallest absolute Gasteiger partial charge is 0.206 e. The van der Waals surface area contributed by atoms with Crippen LogP contribution in [0.5, 0.6) is 11.5 Å². The fourth-order valence-electron chi connectivity index (χ4n) is 2.01. The minimum atomic E-state index is -3.68. The minimum absolute atomic E-state index is 0.119. The topological polar surface area (TPSA) is 93.1 Å². The zero-order valence-corrected chi connectivity index (χ0v) is 14.9. The summed E-state index contributed by atoms with van der Waals surface area (Å²) >= 11 is 0. The largest absolute Gasteiger partial charge is 0.465 e. The van der Waals surface area contributed by atoms with Gasteiger partial charge in [-0.2, -0.15) is 0 Å². The van der Waals surface area contributed by atoms with Gasteiger partial charge in [-0.25, -0.2) is 8.42 Å². The number of hydrogen-bond donors (Lipinski definition) is 2. The van der Waals surface area contributed by atoms with Crippen molar-refractivity contribution in [1.82, 2.24) is 0 Å². The second-order valence-corrected chi connectivity index (χ2v) is 7.36. The van der Waals surface area contributed by atoms with Crippen molar-refractivity contribution < 1.29 is 28.1 Å². The molecule has 0 heterocycles. The minimum Gasteiger partial charge on any atom is -0.465 e. The van der Waals surface area contributed by atoms with Gasteiger partial charge in [0.25, 0.3) is 0 Å². The maximum absolute atomic E-state index is 12.6. The molecule has 2 N–H and O–H groups in total. The number of hydrogen-bond acceptors (Lipinski definition) is 6. The Labute approximate surface area is 147 Å². The van der Waals surface area contributed by atoms with E-state index in [1.54, 1.807) is 13.8 Å². The van der Waals surface area contributed by atoms with Crippen LogP contribution in [0.15, 0.2) is 58.3 Å². The fraction of sp³-hybridized carbons (Fsp3) is 0.333. The molecule has 2 rings (SSSR count). The molecule has 0 aliphatic heterocycles. The highest BCUT2D eigenvalue weighted by Gasteiger charge is 2.18. The van der Waals surface area contributed by atoms with Gasteiger partial charge in [-0.05, 0) is 48.5 Å². The third-order valence-electron chi connectivity index (χ3n) is 3.51. The third-order valence-corrected chi connectivity index (χ3v) is 5.30. The van der Waals surface area contributed by atoms with Gasteiger partial charge in [-0.1, -0.05) is 13.8 Å². The first-order chi connectivity index (χ1) is 11.9. The average Bonchev–Trinajstić information content (AvgIpc) is 2.62. The van der Waals surface area contributed by atoms with Crippen LogP contribution in [0.1, 0.15) is 26.7 Å². The van der Waals surface area contributed by atoms with Gasteiger partial charge in [0.05, 0.1) is 9.79 Å². The lowest BCUT2D eigenvalue weighted by Crippen LogP contribution is -2.13. The molecule has 0 radical (unpaired) electrons. The SMILES string of the molecule is CCC(O)Oc1ccc(S(=O)(=O)c2ccc(OC(O)CC)cc2)cc1. The van der Waals surface area contributed by atoms with Crippen LogP contribution in [0, 0.1) is 0 Å². The molecule has 0 bridgehead atoms. The highest BCUT2D eigenvalue weighted by Crippen LogP contribution is 2.25. The molecule has 136 valence electrons. The predicted octanol–water partition coefficient (Wildman–Crippen LogP) is 2.73. The van der Waals surface area contributed by atoms with E-state index in [1.165, 1.54) is 48.5 Å². The number of aliphatic hydroxyl groups is 2. The molecule has 0 fully saturated rings. The molecule has 6 nitrogen and oxygen atoms in total. The molecule has 25 heavy (non-hydrogen) atoms. The van der Waals surface area contributed by atoms with Crippen molar-refractivity contribution >= 4 is 9.84 Å². The lowest BCUT2D eigenvalue weighted by atomic mass is 10.3. The summed E-state index contributed by atoms with van der Waals surface area (Å²) < 4.78 is 35.7. The van der Waals surface area contributed by atoms with Crippen LogP contribution < -0.4 is 9.47 Å². The van der Waals surface area contributed by atoms with Crippen molar-refractivity contribution in [3.05, 3.63) is 48.5 Å². The van der Waals surface area contributed by atoms with E-state index in [9.17, 15) is 18.6 Å². The number of ether oxygens (including phenoxy) is 2. The second kappa shape index (κ2) is 8.33. The fourth-order valence-corrected chi connectivity index (χ4v) is 3.27. The van der Waals surface area contributed by atoms with Gasteiger partial charge in [-0.15, -0.1) is 0 Å². The summed E-state index contributed by atoms with van der Waals surface area (Å²) in [5.41, 5.74) is 0. The average molecular weight is 366 g/mol. The zero-order valence-electron chi connectivity index (χ0n) is 14.1. The summed E-state index contributed by atoms with van der Waals surface area (Å²) in [5.74, 6) is 0.788. The van der Waals surface area contributed by atoms with Crippen molar-refractivity contribution in [2.24, 2.45) is 0 Å². The number of rotatable bonds is 8. The van der Waals surface area contributed by atoms with E-state index in [4.69, 9.17) is 9.47 Å². The van der Waals surface area contributed by atoms with Gasteiger partial charge in [0.15, 0.2) is 12.6 Å². The van der Waals surface area contributed by atoms with Crippen molar-refractivity contribution in [3.8, 4) is 11.5 Å². The standard InChI is InChI=1S/C18H22O6S/c1-3-17(19)23-13-5-9-15(10-6-13)25(21,22)16-11-7-14(8-12-16)24-18(20)4-2/h5-12,17-20H,3-4H2,1-2H3. The maximum atomic E-state index is 12.6. The predicted molar refractivity (Wildman–Crippen MR) is 92.2 cm³/mol. The quantitative estimate of drug-likeness (QED) is 0.698. The molecule has 0 aliphatic carbocycles. The molecule has 0 aromatic heterocycles. The van der Waals surface area contributed by atoms with Gasteiger partial charge in [0.1, 0.15) is 11.5 Å². The molecule has 0 saturated carbocycles. The van der Waals surface area contributed by atoms with Crippen molar-refractivity contribution in [1.29, 1.82) is 0 Å². The van der Waals surface area contributed by atoms with E-state index in [2.05, 4.69) is 0 Å². The monoisotopic (exact) mass is 366 g/mol. The summed E-state index contributed by atoms with van der Waals surface area (Å²) in [5, 5.41) is 18.9. The van der Waals surface area contributed by atoms with Crippen molar-refractivity contribution in [2.45, 2.75) is 49.1 Å². The lowest BCUT2D eigenvalue weighted by molar-refractivity contribution is -0.0196. The molecule has 0 spiro atoms. The van der Waals surface area contributed by atoms with Crippen molar-refractivity contribution in [2.75, 3.05) is 0 Å². The molecule has 2 unspecified atom stereocenters. The maximum Gasteiger partial charge on any atom is 0.206 e. The van der Waals surface area contributed by atoms with E-state index < -0.39 is 22.4 Å². The first-order valence-corrected chi connectivity index (χ1v) is 9.49. The molecule has 2 atom stereocenters. The Morgan fingerprint density at radius 2 is 1.08 bits per heavy atom.